The molecule has 0 aliphatic carbocycles. The molecular formula is C15H19N3O4S. The van der Waals surface area contributed by atoms with Crippen LogP contribution in [0.1, 0.15) is 25.6 Å². The number of ether oxygens (including phenoxy) is 3. The smallest absolute Gasteiger partial charge is 0.164 e. The third kappa shape index (κ3) is 2.36. The lowest BCUT2D eigenvalue weighted by atomic mass is 10.1. The molecule has 124 valence electrons. The second-order valence-corrected chi connectivity index (χ2v) is 6.96. The highest BCUT2D eigenvalue weighted by Crippen LogP contribution is 2.45. The lowest BCUT2D eigenvalue weighted by Crippen LogP contribution is -2.31. The SMILES string of the molecule is CSc1ncnn2c([C@@H]3OC(CO)[C@H]4OC(C)(C)O[C@H]43)ccc12. The zero-order valence-electron chi connectivity index (χ0n) is 13.2. The van der Waals surface area contributed by atoms with E-state index in [1.165, 1.54) is 6.33 Å². The topological polar surface area (TPSA) is 78.1 Å². The molecule has 4 heterocycles. The van der Waals surface area contributed by atoms with Gasteiger partial charge in [-0.1, -0.05) is 0 Å². The van der Waals surface area contributed by atoms with Crippen LogP contribution in [0, 0.1) is 0 Å². The molecule has 1 unspecified atom stereocenters. The number of nitrogens with zero attached hydrogens (tertiary/aromatic N) is 3. The fraction of sp³-hybridized carbons (Fsp3) is 0.600. The van der Waals surface area contributed by atoms with Gasteiger partial charge < -0.3 is 19.3 Å². The number of aromatic nitrogens is 3. The van der Waals surface area contributed by atoms with Crippen molar-refractivity contribution in [2.24, 2.45) is 0 Å². The monoisotopic (exact) mass is 337 g/mol. The molecule has 2 fully saturated rings. The van der Waals surface area contributed by atoms with Crippen molar-refractivity contribution in [1.82, 2.24) is 14.6 Å². The molecule has 2 aliphatic heterocycles. The van der Waals surface area contributed by atoms with Crippen LogP contribution >= 0.6 is 11.8 Å². The van der Waals surface area contributed by atoms with Crippen LogP contribution in [0.3, 0.4) is 0 Å². The molecule has 1 N–H and O–H groups in total. The first-order valence-corrected chi connectivity index (χ1v) is 8.75. The largest absolute Gasteiger partial charge is 0.394 e. The van der Waals surface area contributed by atoms with Gasteiger partial charge in [-0.15, -0.1) is 11.8 Å². The normalized spacial score (nSPS) is 32.5. The van der Waals surface area contributed by atoms with Crippen molar-refractivity contribution in [3.8, 4) is 0 Å². The minimum absolute atomic E-state index is 0.106. The first-order valence-electron chi connectivity index (χ1n) is 7.52. The summed E-state index contributed by atoms with van der Waals surface area (Å²) in [6, 6.07) is 3.95. The van der Waals surface area contributed by atoms with Gasteiger partial charge in [0, 0.05) is 0 Å². The van der Waals surface area contributed by atoms with Crippen molar-refractivity contribution in [2.75, 3.05) is 12.9 Å². The van der Waals surface area contributed by atoms with Crippen molar-refractivity contribution >= 4 is 17.3 Å². The highest BCUT2D eigenvalue weighted by molar-refractivity contribution is 7.98. The van der Waals surface area contributed by atoms with E-state index in [9.17, 15) is 5.11 Å². The van der Waals surface area contributed by atoms with E-state index in [0.29, 0.717) is 0 Å². The zero-order chi connectivity index (χ0) is 16.2. The third-order valence-electron chi connectivity index (χ3n) is 4.26. The molecule has 8 heteroatoms. The number of rotatable bonds is 3. The van der Waals surface area contributed by atoms with E-state index >= 15 is 0 Å². The standard InChI is InChI=1S/C15H19N3O4S/c1-15(2)21-12-10(6-19)20-11(13(12)22-15)8-4-5-9-14(23-3)16-7-17-18(8)9/h4-5,7,10-13,19H,6H2,1-3H3/t10?,11-,12+,13-/m0/s1. The number of aliphatic hydroxyl groups excluding tert-OH is 1. The van der Waals surface area contributed by atoms with E-state index in [4.69, 9.17) is 14.2 Å². The minimum Gasteiger partial charge on any atom is -0.394 e. The summed E-state index contributed by atoms with van der Waals surface area (Å²) in [5, 5.41) is 14.9. The Morgan fingerprint density at radius 3 is 2.83 bits per heavy atom. The third-order valence-corrected chi connectivity index (χ3v) is 4.96. The zero-order valence-corrected chi connectivity index (χ0v) is 14.0. The van der Waals surface area contributed by atoms with E-state index in [1.807, 2.05) is 36.8 Å². The van der Waals surface area contributed by atoms with Gasteiger partial charge >= 0.3 is 0 Å². The summed E-state index contributed by atoms with van der Waals surface area (Å²) in [5.74, 6) is -0.683. The average molecular weight is 337 g/mol. The summed E-state index contributed by atoms with van der Waals surface area (Å²) in [6.45, 7) is 3.65. The summed E-state index contributed by atoms with van der Waals surface area (Å²) in [7, 11) is 0. The molecule has 0 radical (unpaired) electrons. The number of hydrogen-bond acceptors (Lipinski definition) is 7. The number of aliphatic hydroxyl groups is 1. The van der Waals surface area contributed by atoms with Crippen molar-refractivity contribution in [3.05, 3.63) is 24.2 Å². The van der Waals surface area contributed by atoms with Crippen LogP contribution in [0.25, 0.3) is 5.52 Å². The molecule has 0 saturated carbocycles. The molecule has 2 aliphatic rings. The molecule has 2 aromatic heterocycles. The van der Waals surface area contributed by atoms with Gasteiger partial charge in [-0.25, -0.2) is 9.50 Å². The molecule has 0 aromatic carbocycles. The van der Waals surface area contributed by atoms with E-state index < -0.39 is 11.9 Å². The van der Waals surface area contributed by atoms with Gasteiger partial charge in [0.25, 0.3) is 0 Å². The molecule has 0 bridgehead atoms. The van der Waals surface area contributed by atoms with Gasteiger partial charge in [0.1, 0.15) is 35.8 Å². The maximum absolute atomic E-state index is 9.60. The van der Waals surface area contributed by atoms with Crippen molar-refractivity contribution < 1.29 is 19.3 Å². The van der Waals surface area contributed by atoms with Crippen molar-refractivity contribution in [1.29, 1.82) is 0 Å². The molecule has 4 rings (SSSR count). The fourth-order valence-electron chi connectivity index (χ4n) is 3.37. The predicted octanol–water partition coefficient (Wildman–Crippen LogP) is 1.40. The Balaban J connectivity index is 1.76. The van der Waals surface area contributed by atoms with E-state index in [2.05, 4.69) is 10.1 Å². The molecule has 2 aromatic rings. The molecular weight excluding hydrogens is 318 g/mol. The Morgan fingerprint density at radius 2 is 2.09 bits per heavy atom. The average Bonchev–Trinajstić information content (AvgIpc) is 3.17. The van der Waals surface area contributed by atoms with Crippen LogP contribution < -0.4 is 0 Å². The lowest BCUT2D eigenvalue weighted by molar-refractivity contribution is -0.191. The van der Waals surface area contributed by atoms with Gasteiger partial charge in [0.2, 0.25) is 0 Å². The highest BCUT2D eigenvalue weighted by atomic mass is 32.2. The van der Waals surface area contributed by atoms with Crippen LogP contribution in [0.4, 0.5) is 0 Å². The van der Waals surface area contributed by atoms with Crippen LogP contribution in [-0.4, -0.2) is 56.7 Å². The molecule has 0 amide bonds. The second kappa shape index (κ2) is 5.42. The summed E-state index contributed by atoms with van der Waals surface area (Å²) < 4.78 is 19.8. The van der Waals surface area contributed by atoms with Gasteiger partial charge in [-0.2, -0.15) is 5.10 Å². The summed E-state index contributed by atoms with van der Waals surface area (Å²) >= 11 is 1.57. The van der Waals surface area contributed by atoms with Gasteiger partial charge in [0.15, 0.2) is 5.79 Å². The summed E-state index contributed by atoms with van der Waals surface area (Å²) in [5.41, 5.74) is 1.81. The first kappa shape index (κ1) is 15.3. The van der Waals surface area contributed by atoms with Crippen LogP contribution in [-0.2, 0) is 14.2 Å². The Morgan fingerprint density at radius 1 is 1.30 bits per heavy atom. The number of hydrogen-bond donors (Lipinski definition) is 1. The maximum atomic E-state index is 9.60. The van der Waals surface area contributed by atoms with Crippen LogP contribution in [0.15, 0.2) is 23.5 Å². The highest BCUT2D eigenvalue weighted by Gasteiger charge is 2.55. The summed E-state index contributed by atoms with van der Waals surface area (Å²) in [4.78, 5) is 4.28. The van der Waals surface area contributed by atoms with E-state index in [1.54, 1.807) is 11.8 Å². The van der Waals surface area contributed by atoms with Crippen molar-refractivity contribution in [3.63, 3.8) is 0 Å². The molecule has 4 atom stereocenters. The van der Waals surface area contributed by atoms with Gasteiger partial charge in [-0.3, -0.25) is 0 Å². The Bertz CT molecular complexity index is 735. The maximum Gasteiger partial charge on any atom is 0.164 e. The lowest BCUT2D eigenvalue weighted by Gasteiger charge is -2.23. The molecule has 7 nitrogen and oxygen atoms in total. The number of fused-ring (bicyclic) bond motifs is 2. The molecule has 0 spiro atoms. The van der Waals surface area contributed by atoms with Crippen LogP contribution in [0.5, 0.6) is 0 Å². The molecule has 23 heavy (non-hydrogen) atoms. The Hall–Kier alpha value is -1.19. The van der Waals surface area contributed by atoms with Gasteiger partial charge in [0.05, 0.1) is 17.8 Å². The van der Waals surface area contributed by atoms with Crippen molar-refractivity contribution in [2.45, 2.75) is 49.1 Å². The second-order valence-electron chi connectivity index (χ2n) is 6.17. The predicted molar refractivity (Wildman–Crippen MR) is 83.3 cm³/mol. The van der Waals surface area contributed by atoms with E-state index in [0.717, 1.165) is 16.2 Å². The Kier molecular flexibility index (Phi) is 3.62. The fourth-order valence-corrected chi connectivity index (χ4v) is 3.89. The molecule has 2 saturated heterocycles. The van der Waals surface area contributed by atoms with Crippen LogP contribution in [0.2, 0.25) is 0 Å². The summed E-state index contributed by atoms with van der Waals surface area (Å²) in [6.07, 6.45) is 2.22. The van der Waals surface area contributed by atoms with E-state index in [-0.39, 0.29) is 24.9 Å². The van der Waals surface area contributed by atoms with Gasteiger partial charge in [-0.05, 0) is 32.2 Å². The minimum atomic E-state index is -0.683. The Labute approximate surface area is 137 Å². The number of thioether (sulfide) groups is 1. The first-order chi connectivity index (χ1) is 11.0. The quantitative estimate of drug-likeness (QED) is 0.848.